The van der Waals surface area contributed by atoms with E-state index in [1.165, 1.54) is 4.90 Å². The predicted molar refractivity (Wildman–Crippen MR) is 69.9 cm³/mol. The number of cyclic esters (lactones) is 1. The highest BCUT2D eigenvalue weighted by atomic mass is 16.6. The Hall–Kier alpha value is -2.48. The van der Waals surface area contributed by atoms with Crippen molar-refractivity contribution in [2.45, 2.75) is 6.10 Å². The zero-order valence-electron chi connectivity index (χ0n) is 10.9. The second-order valence-electron chi connectivity index (χ2n) is 3.84. The van der Waals surface area contributed by atoms with Crippen LogP contribution >= 0.6 is 0 Å². The molecular weight excluding hydrogens is 268 g/mol. The molecule has 1 aliphatic rings. The third-order valence-corrected chi connectivity index (χ3v) is 2.46. The number of carboxylic acid groups (broad SMARTS) is 1. The van der Waals surface area contributed by atoms with Crippen molar-refractivity contribution in [2.24, 2.45) is 5.73 Å². The van der Waals surface area contributed by atoms with Crippen LogP contribution in [0, 0.1) is 0 Å². The molecule has 8 heteroatoms. The first-order valence-corrected chi connectivity index (χ1v) is 5.69. The largest absolute Gasteiger partial charge is 0.497 e. The summed E-state index contributed by atoms with van der Waals surface area (Å²) in [5.41, 5.74) is 4.77. The third-order valence-electron chi connectivity index (χ3n) is 2.46. The maximum Gasteiger partial charge on any atom is 0.414 e. The van der Waals surface area contributed by atoms with Crippen LogP contribution in [0.25, 0.3) is 0 Å². The number of rotatable bonds is 3. The van der Waals surface area contributed by atoms with Crippen molar-refractivity contribution in [3.63, 3.8) is 0 Å². The summed E-state index contributed by atoms with van der Waals surface area (Å²) in [7, 11) is 1.58. The van der Waals surface area contributed by atoms with Gasteiger partial charge in [0.15, 0.2) is 0 Å². The van der Waals surface area contributed by atoms with E-state index in [1.807, 2.05) is 0 Å². The van der Waals surface area contributed by atoms with Crippen LogP contribution in [-0.2, 0) is 4.74 Å². The van der Waals surface area contributed by atoms with Crippen molar-refractivity contribution >= 4 is 17.9 Å². The number of carbonyl (C=O) groups excluding carboxylic acids is 1. The number of amides is 2. The molecule has 0 radical (unpaired) electrons. The van der Waals surface area contributed by atoms with Crippen molar-refractivity contribution in [2.75, 3.05) is 25.2 Å². The standard InChI is InChI=1S/C11H13NO4.CH3NO2/c1-15-9-4-2-8(3-5-9)12-6-10(7-13)16-11(12)14;2-1(3)4/h2-5,10,13H,6-7H2,1H3;2H2,(H,3,4). The Bertz CT molecular complexity index is 458. The van der Waals surface area contributed by atoms with Gasteiger partial charge in [0.1, 0.15) is 11.9 Å². The fourth-order valence-electron chi connectivity index (χ4n) is 1.59. The molecule has 1 unspecified atom stereocenters. The fraction of sp³-hybridized carbons (Fsp3) is 0.333. The Morgan fingerprint density at radius 2 is 2.05 bits per heavy atom. The van der Waals surface area contributed by atoms with Crippen LogP contribution < -0.4 is 15.4 Å². The summed E-state index contributed by atoms with van der Waals surface area (Å²) in [6.07, 6.45) is -2.20. The molecule has 20 heavy (non-hydrogen) atoms. The molecular formula is C12H16N2O6. The highest BCUT2D eigenvalue weighted by Gasteiger charge is 2.31. The number of primary amides is 1. The maximum atomic E-state index is 11.5. The number of ether oxygens (including phenoxy) is 2. The van der Waals surface area contributed by atoms with E-state index in [1.54, 1.807) is 31.4 Å². The van der Waals surface area contributed by atoms with Crippen molar-refractivity contribution in [3.8, 4) is 5.75 Å². The number of carbonyl (C=O) groups is 2. The highest BCUT2D eigenvalue weighted by molar-refractivity contribution is 5.89. The van der Waals surface area contributed by atoms with Crippen LogP contribution in [0.3, 0.4) is 0 Å². The molecule has 2 rings (SSSR count). The van der Waals surface area contributed by atoms with E-state index in [0.29, 0.717) is 6.54 Å². The number of hydrogen-bond acceptors (Lipinski definition) is 5. The van der Waals surface area contributed by atoms with E-state index in [2.05, 4.69) is 5.73 Å². The summed E-state index contributed by atoms with van der Waals surface area (Å²) in [5.74, 6) is 0.732. The number of methoxy groups -OCH3 is 1. The Morgan fingerprint density at radius 3 is 2.45 bits per heavy atom. The minimum Gasteiger partial charge on any atom is -0.497 e. The predicted octanol–water partition coefficient (Wildman–Crippen LogP) is 0.636. The second-order valence-corrected chi connectivity index (χ2v) is 3.84. The molecule has 1 atom stereocenters. The normalized spacial score (nSPS) is 17.0. The first-order valence-electron chi connectivity index (χ1n) is 5.69. The van der Waals surface area contributed by atoms with Gasteiger partial charge >= 0.3 is 12.2 Å². The lowest BCUT2D eigenvalue weighted by molar-refractivity contribution is 0.0963. The first kappa shape index (κ1) is 15.6. The van der Waals surface area contributed by atoms with Gasteiger partial charge in [0, 0.05) is 5.69 Å². The van der Waals surface area contributed by atoms with Gasteiger partial charge in [0.2, 0.25) is 0 Å². The van der Waals surface area contributed by atoms with Gasteiger partial charge in [-0.15, -0.1) is 0 Å². The quantitative estimate of drug-likeness (QED) is 0.748. The van der Waals surface area contributed by atoms with Gasteiger partial charge in [-0.25, -0.2) is 9.59 Å². The van der Waals surface area contributed by atoms with Crippen LogP contribution in [0.15, 0.2) is 24.3 Å². The number of aliphatic hydroxyl groups excluding tert-OH is 1. The molecule has 0 aromatic heterocycles. The molecule has 0 aliphatic carbocycles. The van der Waals surface area contributed by atoms with E-state index in [4.69, 9.17) is 24.5 Å². The van der Waals surface area contributed by atoms with E-state index in [-0.39, 0.29) is 6.61 Å². The van der Waals surface area contributed by atoms with E-state index in [9.17, 15) is 4.79 Å². The van der Waals surface area contributed by atoms with Crippen LogP contribution in [0.4, 0.5) is 15.3 Å². The molecule has 1 aromatic carbocycles. The van der Waals surface area contributed by atoms with Crippen molar-refractivity contribution in [3.05, 3.63) is 24.3 Å². The molecule has 1 saturated heterocycles. The maximum absolute atomic E-state index is 11.5. The zero-order valence-corrected chi connectivity index (χ0v) is 10.9. The van der Waals surface area contributed by atoms with Gasteiger partial charge in [-0.3, -0.25) is 4.90 Å². The number of anilines is 1. The number of nitrogens with two attached hydrogens (primary N) is 1. The smallest absolute Gasteiger partial charge is 0.414 e. The molecule has 0 bridgehead atoms. The summed E-state index contributed by atoms with van der Waals surface area (Å²) >= 11 is 0. The van der Waals surface area contributed by atoms with Crippen molar-refractivity contribution < 1.29 is 29.3 Å². The monoisotopic (exact) mass is 284 g/mol. The average Bonchev–Trinajstić information content (AvgIpc) is 2.79. The summed E-state index contributed by atoms with van der Waals surface area (Å²) in [6.45, 7) is 0.222. The Morgan fingerprint density at radius 1 is 1.50 bits per heavy atom. The SMILES string of the molecule is COc1ccc(N2CC(CO)OC2=O)cc1.NC(=O)O. The molecule has 2 amide bonds. The molecule has 110 valence electrons. The van der Waals surface area contributed by atoms with Gasteiger partial charge in [-0.1, -0.05) is 0 Å². The van der Waals surface area contributed by atoms with Gasteiger partial charge < -0.3 is 25.4 Å². The van der Waals surface area contributed by atoms with Crippen LogP contribution in [0.1, 0.15) is 0 Å². The zero-order chi connectivity index (χ0) is 15.1. The lowest BCUT2D eigenvalue weighted by Gasteiger charge is -2.12. The lowest BCUT2D eigenvalue weighted by atomic mass is 10.2. The molecule has 0 spiro atoms. The molecule has 4 N–H and O–H groups in total. The Balaban J connectivity index is 0.000000444. The minimum atomic E-state index is -1.33. The summed E-state index contributed by atoms with van der Waals surface area (Å²) in [5, 5.41) is 16.1. The van der Waals surface area contributed by atoms with Gasteiger partial charge in [-0.2, -0.15) is 0 Å². The molecule has 1 heterocycles. The van der Waals surface area contributed by atoms with Crippen LogP contribution in [0.5, 0.6) is 5.75 Å². The van der Waals surface area contributed by atoms with Crippen molar-refractivity contribution in [1.82, 2.24) is 0 Å². The molecule has 1 aliphatic heterocycles. The lowest BCUT2D eigenvalue weighted by Crippen LogP contribution is -2.25. The van der Waals surface area contributed by atoms with E-state index in [0.717, 1.165) is 11.4 Å². The molecule has 1 aromatic rings. The second kappa shape index (κ2) is 7.19. The summed E-state index contributed by atoms with van der Waals surface area (Å²) in [6, 6.07) is 7.10. The van der Waals surface area contributed by atoms with E-state index < -0.39 is 18.3 Å². The number of aliphatic hydroxyl groups is 1. The molecule has 8 nitrogen and oxygen atoms in total. The molecule has 0 saturated carbocycles. The van der Waals surface area contributed by atoms with E-state index >= 15 is 0 Å². The van der Waals surface area contributed by atoms with Gasteiger partial charge in [0.05, 0.1) is 20.3 Å². The number of hydrogen-bond donors (Lipinski definition) is 3. The van der Waals surface area contributed by atoms with Crippen LogP contribution in [0.2, 0.25) is 0 Å². The van der Waals surface area contributed by atoms with Crippen LogP contribution in [-0.4, -0.2) is 48.8 Å². The van der Waals surface area contributed by atoms with Gasteiger partial charge in [-0.05, 0) is 24.3 Å². The fourth-order valence-corrected chi connectivity index (χ4v) is 1.59. The van der Waals surface area contributed by atoms with Crippen molar-refractivity contribution in [1.29, 1.82) is 0 Å². The Labute approximate surface area is 115 Å². The summed E-state index contributed by atoms with van der Waals surface area (Å²) < 4.78 is 9.97. The highest BCUT2D eigenvalue weighted by Crippen LogP contribution is 2.23. The van der Waals surface area contributed by atoms with Gasteiger partial charge in [0.25, 0.3) is 0 Å². The summed E-state index contributed by atoms with van der Waals surface area (Å²) in [4.78, 5) is 21.7. The molecule has 1 fully saturated rings. The number of nitrogens with zero attached hydrogens (tertiary/aromatic N) is 1. The first-order chi connectivity index (χ1) is 9.47. The topological polar surface area (TPSA) is 122 Å². The third kappa shape index (κ3) is 4.32. The number of benzene rings is 1. The minimum absolute atomic E-state index is 0.154. The Kier molecular flexibility index (Phi) is 5.60. The average molecular weight is 284 g/mol.